The van der Waals surface area contributed by atoms with Crippen molar-refractivity contribution in [2.24, 2.45) is 0 Å². The summed E-state index contributed by atoms with van der Waals surface area (Å²) in [6.45, 7) is 4.36. The highest BCUT2D eigenvalue weighted by molar-refractivity contribution is 6.31. The molecule has 1 aromatic carbocycles. The van der Waals surface area contributed by atoms with Crippen molar-refractivity contribution in [3.63, 3.8) is 0 Å². The number of nitrogens with zero attached hydrogens (tertiary/aromatic N) is 5. The van der Waals surface area contributed by atoms with Crippen molar-refractivity contribution in [3.05, 3.63) is 64.4 Å². The summed E-state index contributed by atoms with van der Waals surface area (Å²) in [4.78, 5) is 33.8. The first-order chi connectivity index (χ1) is 18.6. The predicted octanol–water partition coefficient (Wildman–Crippen LogP) is 3.11. The van der Waals surface area contributed by atoms with E-state index in [0.29, 0.717) is 0 Å². The maximum atomic E-state index is 15.3. The maximum absolute atomic E-state index is 15.3. The summed E-state index contributed by atoms with van der Waals surface area (Å²) >= 11 is 6.06. The summed E-state index contributed by atoms with van der Waals surface area (Å²) in [5, 5.41) is 16.2. The highest BCUT2D eigenvalue weighted by Crippen LogP contribution is 2.36. The van der Waals surface area contributed by atoms with Gasteiger partial charge in [-0.15, -0.1) is 10.2 Å². The van der Waals surface area contributed by atoms with Crippen LogP contribution < -0.4 is 10.6 Å². The zero-order chi connectivity index (χ0) is 27.9. The third-order valence-corrected chi connectivity index (χ3v) is 6.17. The van der Waals surface area contributed by atoms with Crippen LogP contribution in [0.1, 0.15) is 41.1 Å². The number of aryl methyl sites for hydroxylation is 2. The summed E-state index contributed by atoms with van der Waals surface area (Å²) in [6.07, 6.45) is 1.31. The van der Waals surface area contributed by atoms with Gasteiger partial charge in [-0.25, -0.2) is 8.78 Å². The number of nitrogens with one attached hydrogen (secondary N) is 2. The second kappa shape index (κ2) is 10.1. The van der Waals surface area contributed by atoms with Crippen molar-refractivity contribution in [1.82, 2.24) is 36.0 Å². The van der Waals surface area contributed by atoms with E-state index in [1.54, 1.807) is 6.92 Å². The summed E-state index contributed by atoms with van der Waals surface area (Å²) in [7, 11) is 0. The molecule has 4 aromatic rings. The maximum Gasteiger partial charge on any atom is 0.309 e. The van der Waals surface area contributed by atoms with E-state index in [-0.39, 0.29) is 64.1 Å². The normalized spacial score (nSPS) is 14.9. The molecule has 0 unspecified atom stereocenters. The highest BCUT2D eigenvalue weighted by atomic mass is 35.5. The van der Waals surface area contributed by atoms with Gasteiger partial charge in [-0.3, -0.25) is 14.6 Å². The molecule has 0 aliphatic carbocycles. The summed E-state index contributed by atoms with van der Waals surface area (Å²) < 4.78 is 45.4. The van der Waals surface area contributed by atoms with E-state index in [1.807, 2.05) is 0 Å². The van der Waals surface area contributed by atoms with Crippen LogP contribution in [0.3, 0.4) is 0 Å². The van der Waals surface area contributed by atoms with Crippen LogP contribution in [0.5, 0.6) is 0 Å². The fourth-order valence-corrected chi connectivity index (χ4v) is 4.18. The van der Waals surface area contributed by atoms with Gasteiger partial charge in [0.15, 0.2) is 5.54 Å². The van der Waals surface area contributed by atoms with Crippen molar-refractivity contribution in [3.8, 4) is 22.5 Å². The highest BCUT2D eigenvalue weighted by Gasteiger charge is 2.48. The van der Waals surface area contributed by atoms with Gasteiger partial charge < -0.3 is 24.3 Å². The predicted molar refractivity (Wildman–Crippen MR) is 129 cm³/mol. The second-order valence-electron chi connectivity index (χ2n) is 8.89. The number of amides is 2. The van der Waals surface area contributed by atoms with Crippen LogP contribution in [0, 0.1) is 25.5 Å². The van der Waals surface area contributed by atoms with Crippen LogP contribution in [0.4, 0.5) is 8.78 Å². The van der Waals surface area contributed by atoms with Crippen molar-refractivity contribution < 1.29 is 32.0 Å². The third-order valence-electron chi connectivity index (χ3n) is 5.95. The largest absolute Gasteiger partial charge is 0.417 e. The molecule has 12 nitrogen and oxygen atoms in total. The van der Waals surface area contributed by atoms with Crippen LogP contribution in [0.25, 0.3) is 22.5 Å². The average Bonchev–Trinajstić information content (AvgIpc) is 3.48. The van der Waals surface area contributed by atoms with E-state index in [9.17, 15) is 14.0 Å². The van der Waals surface area contributed by atoms with Gasteiger partial charge in [0.05, 0.1) is 30.5 Å². The number of ether oxygens (including phenoxy) is 1. The average molecular weight is 560 g/mol. The number of rotatable bonds is 7. The van der Waals surface area contributed by atoms with Crippen LogP contribution in [-0.4, -0.2) is 55.9 Å². The monoisotopic (exact) mass is 559 g/mol. The molecule has 39 heavy (non-hydrogen) atoms. The molecule has 3 aromatic heterocycles. The Bertz CT molecular complexity index is 1590. The Morgan fingerprint density at radius 3 is 2.46 bits per heavy atom. The summed E-state index contributed by atoms with van der Waals surface area (Å²) in [5.41, 5.74) is -1.16. The van der Waals surface area contributed by atoms with Crippen LogP contribution in [-0.2, 0) is 9.53 Å². The molecular formula is C24H20ClF2N7O5. The minimum atomic E-state index is -1.42. The third kappa shape index (κ3) is 5.07. The molecule has 0 saturated carbocycles. The Morgan fingerprint density at radius 1 is 1.10 bits per heavy atom. The Kier molecular flexibility index (Phi) is 6.82. The molecule has 0 spiro atoms. The molecule has 1 aliphatic rings. The number of hydrogen-bond acceptors (Lipinski definition) is 10. The van der Waals surface area contributed by atoms with Crippen molar-refractivity contribution >= 4 is 23.4 Å². The van der Waals surface area contributed by atoms with Gasteiger partial charge >= 0.3 is 11.8 Å². The van der Waals surface area contributed by atoms with Gasteiger partial charge in [0.1, 0.15) is 11.6 Å². The van der Waals surface area contributed by atoms with E-state index in [4.69, 9.17) is 25.3 Å². The SMILES string of the molecule is Cc1nc(-c2c(F)cc(Cl)cc2-c2cnc([C@@H](C)NC(=O)C3(NC(=O)c4nnc(C)o4)COC3)c(F)c2)no1. The topological polar surface area (TPSA) is 158 Å². The lowest BCUT2D eigenvalue weighted by Gasteiger charge is -2.40. The smallest absolute Gasteiger partial charge is 0.309 e. The zero-order valence-corrected chi connectivity index (χ0v) is 21.5. The van der Waals surface area contributed by atoms with Crippen LogP contribution in [0.15, 0.2) is 33.3 Å². The minimum absolute atomic E-state index is 0.0347. The van der Waals surface area contributed by atoms with Gasteiger partial charge in [0.25, 0.3) is 5.91 Å². The number of carbonyl (C=O) groups excluding carboxylic acids is 2. The van der Waals surface area contributed by atoms with E-state index >= 15 is 4.39 Å². The molecule has 1 atom stereocenters. The van der Waals surface area contributed by atoms with Gasteiger partial charge in [-0.05, 0) is 30.7 Å². The van der Waals surface area contributed by atoms with E-state index in [2.05, 4.69) is 36.0 Å². The lowest BCUT2D eigenvalue weighted by Crippen LogP contribution is -2.70. The first-order valence-electron chi connectivity index (χ1n) is 11.5. The molecule has 0 radical (unpaired) electrons. The zero-order valence-electron chi connectivity index (χ0n) is 20.7. The lowest BCUT2D eigenvalue weighted by atomic mass is 9.95. The van der Waals surface area contributed by atoms with Gasteiger partial charge in [0, 0.05) is 30.6 Å². The second-order valence-corrected chi connectivity index (χ2v) is 9.33. The molecule has 1 saturated heterocycles. The lowest BCUT2D eigenvalue weighted by molar-refractivity contribution is -0.147. The minimum Gasteiger partial charge on any atom is -0.417 e. The van der Waals surface area contributed by atoms with E-state index < -0.39 is 35.0 Å². The van der Waals surface area contributed by atoms with E-state index in [0.717, 1.165) is 12.1 Å². The van der Waals surface area contributed by atoms with Crippen molar-refractivity contribution in [2.45, 2.75) is 32.4 Å². The fourth-order valence-electron chi connectivity index (χ4n) is 3.97. The molecule has 4 heterocycles. The number of aromatic nitrogens is 5. The summed E-state index contributed by atoms with van der Waals surface area (Å²) in [6, 6.07) is 2.73. The Labute approximate surface area is 224 Å². The van der Waals surface area contributed by atoms with Gasteiger partial charge in [-0.2, -0.15) is 4.98 Å². The number of carbonyl (C=O) groups is 2. The quantitative estimate of drug-likeness (QED) is 0.344. The molecule has 5 rings (SSSR count). The number of halogens is 3. The number of pyridine rings is 1. The molecular weight excluding hydrogens is 540 g/mol. The first-order valence-corrected chi connectivity index (χ1v) is 11.9. The number of benzene rings is 1. The Morgan fingerprint density at radius 2 is 1.87 bits per heavy atom. The molecule has 15 heteroatoms. The van der Waals surface area contributed by atoms with Crippen LogP contribution in [0.2, 0.25) is 5.02 Å². The first kappa shape index (κ1) is 26.3. The van der Waals surface area contributed by atoms with Gasteiger partial charge in [0.2, 0.25) is 17.6 Å². The van der Waals surface area contributed by atoms with Crippen LogP contribution >= 0.6 is 11.6 Å². The molecule has 0 bridgehead atoms. The molecule has 2 N–H and O–H groups in total. The molecule has 202 valence electrons. The Hall–Kier alpha value is -4.30. The van der Waals surface area contributed by atoms with Gasteiger partial charge in [-0.1, -0.05) is 16.8 Å². The molecule has 1 aliphatic heterocycles. The van der Waals surface area contributed by atoms with E-state index in [1.165, 1.54) is 26.1 Å². The summed E-state index contributed by atoms with van der Waals surface area (Å²) in [5.74, 6) is -2.83. The molecule has 2 amide bonds. The Balaban J connectivity index is 1.37. The molecule has 1 fully saturated rings. The standard InChI is InChI=1S/C24H20ClF2N7O5/c1-10(29-23(36)24(8-37-9-24)31-21(35)22-33-32-12(3)38-22)19-17(27)4-13(7-28-19)15-5-14(25)6-16(26)18(15)20-30-11(2)39-34-20/h4-7,10H,8-9H2,1-3H3,(H,29,36)(H,31,35)/t10-/m1/s1. The van der Waals surface area contributed by atoms with Crippen molar-refractivity contribution in [2.75, 3.05) is 13.2 Å². The fraction of sp³-hybridized carbons (Fsp3) is 0.292. The number of hydrogen-bond donors (Lipinski definition) is 2. The van der Waals surface area contributed by atoms with Crippen molar-refractivity contribution in [1.29, 1.82) is 0 Å².